The molecule has 1 saturated carbocycles. The van der Waals surface area contributed by atoms with E-state index in [1.54, 1.807) is 22.3 Å². The lowest BCUT2D eigenvalue weighted by Gasteiger charge is -2.14. The van der Waals surface area contributed by atoms with Crippen molar-refractivity contribution in [2.45, 2.75) is 51.8 Å². The van der Waals surface area contributed by atoms with E-state index in [-0.39, 0.29) is 34.2 Å². The van der Waals surface area contributed by atoms with Crippen LogP contribution >= 0.6 is 11.6 Å². The van der Waals surface area contributed by atoms with Gasteiger partial charge in [-0.15, -0.1) is 10.2 Å². The average molecular weight is 550 g/mol. The van der Waals surface area contributed by atoms with Crippen LogP contribution in [0.25, 0.3) is 28.0 Å². The van der Waals surface area contributed by atoms with Gasteiger partial charge in [0.05, 0.1) is 57.4 Å². The minimum atomic E-state index is -0.616. The van der Waals surface area contributed by atoms with Crippen LogP contribution in [0.2, 0.25) is 5.02 Å². The fourth-order valence-electron chi connectivity index (χ4n) is 4.32. The molecule has 1 aromatic carbocycles. The number of tetrazole rings is 1. The van der Waals surface area contributed by atoms with Crippen molar-refractivity contribution in [3.05, 3.63) is 65.0 Å². The summed E-state index contributed by atoms with van der Waals surface area (Å²) in [4.78, 5) is 14.8. The van der Waals surface area contributed by atoms with Gasteiger partial charge in [0, 0.05) is 18.0 Å². The zero-order valence-electron chi connectivity index (χ0n) is 21.4. The summed E-state index contributed by atoms with van der Waals surface area (Å²) in [5, 5.41) is 33.9. The average Bonchev–Trinajstić information content (AvgIpc) is 3.30. The van der Waals surface area contributed by atoms with Gasteiger partial charge in [-0.3, -0.25) is 9.48 Å². The fraction of sp³-hybridized carbons (Fsp3) is 0.308. The van der Waals surface area contributed by atoms with E-state index in [9.17, 15) is 14.3 Å². The number of rotatable bonds is 7. The Morgan fingerprint density at radius 1 is 1.21 bits per heavy atom. The highest BCUT2D eigenvalue weighted by molar-refractivity contribution is 6.34. The number of hydrogen-bond donors (Lipinski definition) is 2. The molecule has 0 unspecified atom stereocenters. The number of carbonyl (C=O) groups is 1. The number of hydrogen-bond acceptors (Lipinski definition) is 7. The minimum Gasteiger partial charge on any atom is -0.391 e. The van der Waals surface area contributed by atoms with Crippen molar-refractivity contribution < 1.29 is 14.3 Å². The Balaban J connectivity index is 1.31. The maximum absolute atomic E-state index is 14.7. The van der Waals surface area contributed by atoms with Gasteiger partial charge in [-0.1, -0.05) is 11.6 Å². The number of aromatic nitrogens is 8. The predicted molar refractivity (Wildman–Crippen MR) is 142 cm³/mol. The van der Waals surface area contributed by atoms with Gasteiger partial charge in [0.25, 0.3) is 5.91 Å². The van der Waals surface area contributed by atoms with Crippen molar-refractivity contribution in [1.82, 2.24) is 39.6 Å². The number of pyridine rings is 1. The number of nitrogens with one attached hydrogen (secondary N) is 1. The van der Waals surface area contributed by atoms with E-state index in [1.165, 1.54) is 17.1 Å². The lowest BCUT2D eigenvalue weighted by Crippen LogP contribution is -2.18. The number of anilines is 1. The van der Waals surface area contributed by atoms with Crippen LogP contribution in [0.3, 0.4) is 0 Å². The Bertz CT molecular complexity index is 1720. The lowest BCUT2D eigenvalue weighted by molar-refractivity contribution is 0.102. The van der Waals surface area contributed by atoms with Crippen LogP contribution in [0.5, 0.6) is 0 Å². The van der Waals surface area contributed by atoms with Gasteiger partial charge in [0.2, 0.25) is 5.82 Å². The molecule has 0 radical (unpaired) electrons. The minimum absolute atomic E-state index is 0.0339. The molecule has 39 heavy (non-hydrogen) atoms. The third kappa shape index (κ3) is 4.66. The highest BCUT2D eigenvalue weighted by Gasteiger charge is 2.27. The number of amides is 1. The fourth-order valence-corrected chi connectivity index (χ4v) is 4.51. The number of benzene rings is 1. The molecule has 11 nitrogen and oxygen atoms in total. The lowest BCUT2D eigenvalue weighted by atomic mass is 10.1. The Labute approximate surface area is 227 Å². The van der Waals surface area contributed by atoms with Gasteiger partial charge >= 0.3 is 0 Å². The molecular weight excluding hydrogens is 525 g/mol. The number of aliphatic hydroxyl groups is 1. The Morgan fingerprint density at radius 2 is 2.00 bits per heavy atom. The van der Waals surface area contributed by atoms with Crippen molar-refractivity contribution >= 4 is 28.7 Å². The van der Waals surface area contributed by atoms with Crippen LogP contribution in [-0.4, -0.2) is 56.7 Å². The van der Waals surface area contributed by atoms with Gasteiger partial charge in [0.15, 0.2) is 0 Å². The van der Waals surface area contributed by atoms with Crippen molar-refractivity contribution in [1.29, 1.82) is 0 Å². The highest BCUT2D eigenvalue weighted by atomic mass is 35.5. The SMILES string of the molecule is Cc1nn([C@H](C)[C@H](C)O)cc1-c1ccn2ncc(C(=O)Nc3cc(-c4nnn(C5CC5)n4)c(F)cc3Cl)c2c1. The van der Waals surface area contributed by atoms with E-state index in [0.717, 1.165) is 35.7 Å². The molecular formula is C26H25ClFN9O2. The second-order valence-electron chi connectivity index (χ2n) is 9.82. The van der Waals surface area contributed by atoms with Crippen molar-refractivity contribution in [2.24, 2.45) is 0 Å². The number of carbonyl (C=O) groups excluding carboxylic acids is 1. The van der Waals surface area contributed by atoms with Gasteiger partial charge in [-0.2, -0.15) is 15.0 Å². The first kappa shape index (κ1) is 25.1. The summed E-state index contributed by atoms with van der Waals surface area (Å²) in [7, 11) is 0. The number of nitrogens with zero attached hydrogens (tertiary/aromatic N) is 8. The van der Waals surface area contributed by atoms with Crippen molar-refractivity contribution in [3.8, 4) is 22.5 Å². The van der Waals surface area contributed by atoms with Gasteiger partial charge in [0.1, 0.15) is 5.82 Å². The van der Waals surface area contributed by atoms with Crippen molar-refractivity contribution in [3.63, 3.8) is 0 Å². The predicted octanol–water partition coefficient (Wildman–Crippen LogP) is 4.48. The summed E-state index contributed by atoms with van der Waals surface area (Å²) in [6.07, 6.45) is 6.45. The number of halogens is 2. The molecule has 4 aromatic heterocycles. The van der Waals surface area contributed by atoms with Crippen LogP contribution in [0, 0.1) is 12.7 Å². The van der Waals surface area contributed by atoms with Crippen LogP contribution in [0.15, 0.2) is 42.9 Å². The quantitative estimate of drug-likeness (QED) is 0.306. The molecule has 0 aliphatic heterocycles. The molecule has 2 atom stereocenters. The topological polar surface area (TPSA) is 128 Å². The standard InChI is InChI=1S/C26H25ClFN9O2/c1-13-20(12-36(32-13)14(2)15(3)38)16-6-7-35-24(8-16)19(11-29-35)26(39)30-23-9-18(22(28)10-21(23)27)25-31-34-37(33-25)17-4-5-17/h6-12,14-15,17,38H,4-5H2,1-3H3,(H,30,39)/t14-,15+/m1/s1. The molecule has 0 saturated heterocycles. The molecule has 4 heterocycles. The Hall–Kier alpha value is -4.16. The second kappa shape index (κ2) is 9.54. The zero-order valence-corrected chi connectivity index (χ0v) is 22.1. The summed E-state index contributed by atoms with van der Waals surface area (Å²) in [5.74, 6) is -0.964. The van der Waals surface area contributed by atoms with E-state index in [0.29, 0.717) is 11.1 Å². The Kier molecular flexibility index (Phi) is 6.15. The van der Waals surface area contributed by atoms with Crippen LogP contribution in [-0.2, 0) is 0 Å². The third-order valence-corrected chi connectivity index (χ3v) is 7.27. The first-order valence-corrected chi connectivity index (χ1v) is 12.9. The number of aliphatic hydroxyl groups excluding tert-OH is 1. The van der Waals surface area contributed by atoms with Crippen LogP contribution in [0.1, 0.15) is 54.8 Å². The van der Waals surface area contributed by atoms with Gasteiger partial charge in [-0.05, 0) is 68.7 Å². The van der Waals surface area contributed by atoms with E-state index in [4.69, 9.17) is 11.6 Å². The van der Waals surface area contributed by atoms with E-state index in [2.05, 4.69) is 30.9 Å². The summed E-state index contributed by atoms with van der Waals surface area (Å²) >= 11 is 6.29. The molecule has 1 aliphatic carbocycles. The molecule has 1 amide bonds. The summed E-state index contributed by atoms with van der Waals surface area (Å²) in [6.45, 7) is 5.50. The number of aryl methyl sites for hydroxylation is 1. The van der Waals surface area contributed by atoms with Crippen LogP contribution < -0.4 is 5.32 Å². The molecule has 1 fully saturated rings. The maximum atomic E-state index is 14.7. The molecule has 5 aromatic rings. The molecule has 0 spiro atoms. The molecule has 200 valence electrons. The first-order chi connectivity index (χ1) is 18.7. The summed E-state index contributed by atoms with van der Waals surface area (Å²) in [5.41, 5.74) is 3.66. The zero-order chi connectivity index (χ0) is 27.4. The first-order valence-electron chi connectivity index (χ1n) is 12.5. The van der Waals surface area contributed by atoms with E-state index in [1.807, 2.05) is 32.2 Å². The Morgan fingerprint density at radius 3 is 2.74 bits per heavy atom. The number of fused-ring (bicyclic) bond motifs is 1. The second-order valence-corrected chi connectivity index (χ2v) is 10.2. The third-order valence-electron chi connectivity index (χ3n) is 6.96. The summed E-state index contributed by atoms with van der Waals surface area (Å²) < 4.78 is 18.1. The van der Waals surface area contributed by atoms with E-state index < -0.39 is 17.8 Å². The summed E-state index contributed by atoms with van der Waals surface area (Å²) in [6, 6.07) is 6.25. The van der Waals surface area contributed by atoms with Crippen molar-refractivity contribution in [2.75, 3.05) is 5.32 Å². The normalized spacial score (nSPS) is 15.0. The molecule has 1 aliphatic rings. The van der Waals surface area contributed by atoms with E-state index >= 15 is 0 Å². The van der Waals surface area contributed by atoms with Crippen LogP contribution in [0.4, 0.5) is 10.1 Å². The maximum Gasteiger partial charge on any atom is 0.259 e. The molecule has 6 rings (SSSR count). The molecule has 0 bridgehead atoms. The largest absolute Gasteiger partial charge is 0.391 e. The smallest absolute Gasteiger partial charge is 0.259 e. The van der Waals surface area contributed by atoms with Gasteiger partial charge < -0.3 is 10.4 Å². The molecule has 2 N–H and O–H groups in total. The monoisotopic (exact) mass is 549 g/mol. The van der Waals surface area contributed by atoms with Gasteiger partial charge in [-0.25, -0.2) is 8.91 Å². The highest BCUT2D eigenvalue weighted by Crippen LogP contribution is 2.35. The molecule has 13 heteroatoms.